The molecule has 0 spiro atoms. The predicted molar refractivity (Wildman–Crippen MR) is 173 cm³/mol. The van der Waals surface area contributed by atoms with Gasteiger partial charge in [-0.3, -0.25) is 15.1 Å². The zero-order valence-corrected chi connectivity index (χ0v) is 25.5. The summed E-state index contributed by atoms with van der Waals surface area (Å²) in [6.45, 7) is 6.61. The summed E-state index contributed by atoms with van der Waals surface area (Å²) < 4.78 is 13.2. The van der Waals surface area contributed by atoms with Crippen LogP contribution in [0.15, 0.2) is 66.7 Å². The van der Waals surface area contributed by atoms with Gasteiger partial charge in [0.25, 0.3) is 5.91 Å². The first-order chi connectivity index (χ1) is 21.4. The van der Waals surface area contributed by atoms with Crippen LogP contribution in [-0.4, -0.2) is 84.1 Å². The number of aromatic nitrogens is 2. The summed E-state index contributed by atoms with van der Waals surface area (Å²) in [6, 6.07) is 21.4. The molecule has 5 rings (SSSR count). The second kappa shape index (κ2) is 15.0. The minimum Gasteiger partial charge on any atom is -0.497 e. The summed E-state index contributed by atoms with van der Waals surface area (Å²) >= 11 is 0. The average molecular weight is 598 g/mol. The first-order valence-electron chi connectivity index (χ1n) is 15.3. The number of imidazole rings is 1. The Bertz CT molecular complexity index is 1560. The van der Waals surface area contributed by atoms with Crippen LogP contribution in [0.25, 0.3) is 11.0 Å². The van der Waals surface area contributed by atoms with Crippen LogP contribution in [0.2, 0.25) is 0 Å². The molecule has 2 heterocycles. The number of morpholine rings is 1. The Labute approximate surface area is 259 Å². The number of nitrogen functional groups attached to an aromatic ring is 1. The van der Waals surface area contributed by atoms with E-state index in [1.165, 1.54) is 0 Å². The van der Waals surface area contributed by atoms with E-state index in [1.54, 1.807) is 12.0 Å². The number of benzene rings is 3. The van der Waals surface area contributed by atoms with Crippen molar-refractivity contribution in [2.45, 2.75) is 32.4 Å². The molecule has 0 aliphatic carbocycles. The van der Waals surface area contributed by atoms with Gasteiger partial charge in [0.05, 0.1) is 31.4 Å². The number of amides is 1. The van der Waals surface area contributed by atoms with Crippen LogP contribution in [-0.2, 0) is 30.7 Å². The molecule has 232 valence electrons. The molecule has 0 unspecified atom stereocenters. The lowest BCUT2D eigenvalue weighted by Gasteiger charge is -2.26. The van der Waals surface area contributed by atoms with Crippen LogP contribution in [0.1, 0.15) is 39.3 Å². The third-order valence-electron chi connectivity index (χ3n) is 8.13. The maximum Gasteiger partial charge on any atom is 0.254 e. The minimum absolute atomic E-state index is 0.0671. The average Bonchev–Trinajstić information content (AvgIpc) is 3.40. The van der Waals surface area contributed by atoms with Gasteiger partial charge in [-0.2, -0.15) is 0 Å². The van der Waals surface area contributed by atoms with E-state index in [4.69, 9.17) is 31.3 Å². The summed E-state index contributed by atoms with van der Waals surface area (Å²) in [5.41, 5.74) is 16.8. The fraction of sp³-hybridized carbons (Fsp3) is 0.382. The van der Waals surface area contributed by atoms with Gasteiger partial charge >= 0.3 is 0 Å². The first kappa shape index (κ1) is 31.2. The lowest BCUT2D eigenvalue weighted by molar-refractivity contribution is 0.0369. The third-order valence-corrected chi connectivity index (χ3v) is 8.13. The number of amidine groups is 1. The second-order valence-electron chi connectivity index (χ2n) is 11.2. The predicted octanol–water partition coefficient (Wildman–Crippen LogP) is 3.44. The Morgan fingerprint density at radius 1 is 1.00 bits per heavy atom. The molecule has 1 aromatic heterocycles. The molecule has 0 atom stereocenters. The molecule has 1 aliphatic heterocycles. The molecule has 3 aromatic carbocycles. The highest BCUT2D eigenvalue weighted by Gasteiger charge is 2.19. The number of hydrogen-bond donors (Lipinski definition) is 3. The van der Waals surface area contributed by atoms with E-state index in [0.29, 0.717) is 25.2 Å². The highest BCUT2D eigenvalue weighted by atomic mass is 16.5. The van der Waals surface area contributed by atoms with Crippen molar-refractivity contribution in [2.75, 3.05) is 53.0 Å². The number of fused-ring (bicyclic) bond motifs is 1. The van der Waals surface area contributed by atoms with Crippen molar-refractivity contribution < 1.29 is 14.3 Å². The van der Waals surface area contributed by atoms with Crippen LogP contribution in [0, 0.1) is 5.41 Å². The molecule has 10 nitrogen and oxygen atoms in total. The number of ether oxygens (including phenoxy) is 2. The SMILES string of the molecule is COc1cccc(CN(CCN)C(=O)c2ccc3c(c2)nc(CCc2ccc(C(=N)N)cc2)n3CCCN2CCOCC2)c1. The number of carbonyl (C=O) groups is 1. The van der Waals surface area contributed by atoms with Gasteiger partial charge in [-0.25, -0.2) is 4.98 Å². The molecule has 1 amide bonds. The van der Waals surface area contributed by atoms with Gasteiger partial charge in [0, 0.05) is 63.4 Å². The maximum atomic E-state index is 13.7. The van der Waals surface area contributed by atoms with E-state index in [2.05, 4.69) is 9.47 Å². The fourth-order valence-corrected chi connectivity index (χ4v) is 5.72. The van der Waals surface area contributed by atoms with Crippen LogP contribution < -0.4 is 16.2 Å². The molecule has 5 N–H and O–H groups in total. The molecule has 0 bridgehead atoms. The van der Waals surface area contributed by atoms with Crippen molar-refractivity contribution in [3.63, 3.8) is 0 Å². The lowest BCUT2D eigenvalue weighted by atomic mass is 10.1. The largest absolute Gasteiger partial charge is 0.497 e. The van der Waals surface area contributed by atoms with Crippen molar-refractivity contribution in [2.24, 2.45) is 11.5 Å². The number of aryl methyl sites for hydroxylation is 3. The van der Waals surface area contributed by atoms with Crippen LogP contribution >= 0.6 is 0 Å². The van der Waals surface area contributed by atoms with Gasteiger partial charge in [-0.05, 0) is 54.3 Å². The minimum atomic E-state index is -0.0749. The zero-order chi connectivity index (χ0) is 30.9. The van der Waals surface area contributed by atoms with E-state index in [9.17, 15) is 4.79 Å². The smallest absolute Gasteiger partial charge is 0.254 e. The van der Waals surface area contributed by atoms with Crippen molar-refractivity contribution in [3.8, 4) is 5.75 Å². The summed E-state index contributed by atoms with van der Waals surface area (Å²) in [4.78, 5) is 23.0. The van der Waals surface area contributed by atoms with Crippen molar-refractivity contribution in [1.82, 2.24) is 19.4 Å². The number of hydrogen-bond acceptors (Lipinski definition) is 7. The summed E-state index contributed by atoms with van der Waals surface area (Å²) in [6.07, 6.45) is 2.56. The maximum absolute atomic E-state index is 13.7. The highest BCUT2D eigenvalue weighted by Crippen LogP contribution is 2.22. The van der Waals surface area contributed by atoms with E-state index in [-0.39, 0.29) is 11.7 Å². The molecule has 0 saturated carbocycles. The first-order valence-corrected chi connectivity index (χ1v) is 15.3. The number of rotatable bonds is 14. The van der Waals surface area contributed by atoms with E-state index >= 15 is 0 Å². The molecule has 4 aromatic rings. The molecule has 1 fully saturated rings. The summed E-state index contributed by atoms with van der Waals surface area (Å²) in [7, 11) is 1.64. The highest BCUT2D eigenvalue weighted by molar-refractivity contribution is 5.97. The van der Waals surface area contributed by atoms with Gasteiger partial charge < -0.3 is 30.4 Å². The quantitative estimate of drug-likeness (QED) is 0.150. The molecule has 0 radical (unpaired) electrons. The van der Waals surface area contributed by atoms with Crippen LogP contribution in [0.5, 0.6) is 5.75 Å². The number of nitrogens with one attached hydrogen (secondary N) is 1. The zero-order valence-electron chi connectivity index (χ0n) is 25.5. The number of methoxy groups -OCH3 is 1. The van der Waals surface area contributed by atoms with Crippen molar-refractivity contribution >= 4 is 22.8 Å². The molecule has 44 heavy (non-hydrogen) atoms. The summed E-state index contributed by atoms with van der Waals surface area (Å²) in [5.74, 6) is 1.75. The number of nitrogens with two attached hydrogens (primary N) is 2. The van der Waals surface area contributed by atoms with Crippen LogP contribution in [0.3, 0.4) is 0 Å². The Balaban J connectivity index is 1.37. The molecular weight excluding hydrogens is 554 g/mol. The normalized spacial score (nSPS) is 13.7. The van der Waals surface area contributed by atoms with E-state index in [0.717, 1.165) is 98.0 Å². The van der Waals surface area contributed by atoms with Gasteiger partial charge in [-0.15, -0.1) is 0 Å². The van der Waals surface area contributed by atoms with Crippen LogP contribution in [0.4, 0.5) is 0 Å². The Morgan fingerprint density at radius 3 is 2.50 bits per heavy atom. The monoisotopic (exact) mass is 597 g/mol. The van der Waals surface area contributed by atoms with E-state index in [1.807, 2.05) is 66.7 Å². The fourth-order valence-electron chi connectivity index (χ4n) is 5.72. The van der Waals surface area contributed by atoms with Crippen molar-refractivity contribution in [3.05, 3.63) is 94.8 Å². The van der Waals surface area contributed by atoms with Gasteiger partial charge in [0.1, 0.15) is 17.4 Å². The van der Waals surface area contributed by atoms with Crippen molar-refractivity contribution in [1.29, 1.82) is 5.41 Å². The molecule has 10 heteroatoms. The number of nitrogens with zero attached hydrogens (tertiary/aromatic N) is 4. The van der Waals surface area contributed by atoms with Gasteiger partial charge in [-0.1, -0.05) is 36.4 Å². The molecule has 1 saturated heterocycles. The molecule has 1 aliphatic rings. The van der Waals surface area contributed by atoms with Gasteiger partial charge in [0.15, 0.2) is 0 Å². The topological polar surface area (TPSA) is 136 Å². The third kappa shape index (κ3) is 7.82. The summed E-state index contributed by atoms with van der Waals surface area (Å²) in [5, 5.41) is 7.66. The van der Waals surface area contributed by atoms with E-state index < -0.39 is 0 Å². The molecular formula is C34H43N7O3. The van der Waals surface area contributed by atoms with Gasteiger partial charge in [0.2, 0.25) is 0 Å². The number of carbonyl (C=O) groups excluding carboxylic acids is 1. The second-order valence-corrected chi connectivity index (χ2v) is 11.2. The Kier molecular flexibility index (Phi) is 10.6. The lowest BCUT2D eigenvalue weighted by Crippen LogP contribution is -2.37. The Morgan fingerprint density at radius 2 is 1.77 bits per heavy atom. The Hall–Kier alpha value is -4.25. The standard InChI is InChI=1S/C34H43N7O3/c1-43-29-5-2-4-26(22-29)24-40(17-14-35)34(42)28-11-12-31-30(23-28)38-32(13-8-25-6-9-27(10-7-25)33(36)37)41(31)16-3-15-39-18-20-44-21-19-39/h2,4-7,9-12,22-23H,3,8,13-21,24,35H2,1H3,(H3,36,37).